The van der Waals surface area contributed by atoms with Gasteiger partial charge in [-0.2, -0.15) is 4.98 Å². The SMILES string of the molecule is C=Cc1nc(-c2c(Nc3nc(C)no3)sc3c2CCNC3)sc1C. The molecule has 4 heterocycles. The Balaban J connectivity index is 1.83. The number of rotatable bonds is 4. The van der Waals surface area contributed by atoms with Crippen molar-refractivity contribution in [1.29, 1.82) is 0 Å². The zero-order chi connectivity index (χ0) is 16.7. The molecule has 0 saturated carbocycles. The lowest BCUT2D eigenvalue weighted by Crippen LogP contribution is -2.22. The number of thiophene rings is 1. The van der Waals surface area contributed by atoms with E-state index in [1.165, 1.54) is 15.3 Å². The first-order valence-electron chi connectivity index (χ1n) is 7.68. The summed E-state index contributed by atoms with van der Waals surface area (Å²) < 4.78 is 5.23. The summed E-state index contributed by atoms with van der Waals surface area (Å²) in [6.45, 7) is 9.60. The Morgan fingerprint density at radius 1 is 1.29 bits per heavy atom. The number of aromatic nitrogens is 3. The maximum atomic E-state index is 5.23. The van der Waals surface area contributed by atoms with Gasteiger partial charge in [-0.1, -0.05) is 11.7 Å². The van der Waals surface area contributed by atoms with Crippen molar-refractivity contribution in [1.82, 2.24) is 20.4 Å². The molecule has 0 aromatic carbocycles. The van der Waals surface area contributed by atoms with Crippen LogP contribution in [0.25, 0.3) is 16.6 Å². The van der Waals surface area contributed by atoms with Crippen LogP contribution < -0.4 is 10.6 Å². The van der Waals surface area contributed by atoms with Crippen LogP contribution in [0.5, 0.6) is 0 Å². The molecule has 0 saturated heterocycles. The van der Waals surface area contributed by atoms with Gasteiger partial charge in [-0.3, -0.25) is 5.32 Å². The van der Waals surface area contributed by atoms with Gasteiger partial charge in [0, 0.05) is 21.9 Å². The third-order valence-corrected chi connectivity index (χ3v) is 6.07. The molecule has 24 heavy (non-hydrogen) atoms. The molecule has 8 heteroatoms. The van der Waals surface area contributed by atoms with Crippen molar-refractivity contribution in [3.63, 3.8) is 0 Å². The summed E-state index contributed by atoms with van der Waals surface area (Å²) in [5.41, 5.74) is 3.47. The van der Waals surface area contributed by atoms with Crippen LogP contribution in [-0.2, 0) is 13.0 Å². The number of anilines is 2. The lowest BCUT2D eigenvalue weighted by molar-refractivity contribution is 0.429. The standard InChI is InChI=1S/C16H17N5OS2/c1-4-11-8(2)23-14(19-11)13-10-5-6-17-7-12(10)24-15(13)20-16-18-9(3)21-22-16/h4,17H,1,5-7H2,2-3H3,(H,18,20,21). The van der Waals surface area contributed by atoms with Gasteiger partial charge in [0.05, 0.1) is 5.69 Å². The van der Waals surface area contributed by atoms with E-state index in [0.29, 0.717) is 11.8 Å². The Morgan fingerprint density at radius 2 is 2.17 bits per heavy atom. The Hall–Kier alpha value is -2.03. The largest absolute Gasteiger partial charge is 0.326 e. The molecule has 0 atom stereocenters. The van der Waals surface area contributed by atoms with E-state index in [4.69, 9.17) is 9.51 Å². The monoisotopic (exact) mass is 359 g/mol. The zero-order valence-electron chi connectivity index (χ0n) is 13.5. The van der Waals surface area contributed by atoms with Gasteiger partial charge in [0.1, 0.15) is 10.0 Å². The van der Waals surface area contributed by atoms with Crippen LogP contribution in [0, 0.1) is 13.8 Å². The number of aryl methyl sites for hydroxylation is 2. The third kappa shape index (κ3) is 2.66. The fourth-order valence-electron chi connectivity index (χ4n) is 2.80. The molecule has 0 bridgehead atoms. The molecule has 0 aliphatic carbocycles. The van der Waals surface area contributed by atoms with Crippen LogP contribution in [0.4, 0.5) is 11.0 Å². The second-order valence-corrected chi connectivity index (χ2v) is 7.88. The fraction of sp³-hybridized carbons (Fsp3) is 0.312. The Morgan fingerprint density at radius 3 is 2.88 bits per heavy atom. The van der Waals surface area contributed by atoms with Gasteiger partial charge in [-0.15, -0.1) is 22.7 Å². The van der Waals surface area contributed by atoms with E-state index in [-0.39, 0.29) is 0 Å². The molecule has 3 aromatic heterocycles. The van der Waals surface area contributed by atoms with Gasteiger partial charge in [0.2, 0.25) is 0 Å². The predicted molar refractivity (Wildman–Crippen MR) is 98.0 cm³/mol. The van der Waals surface area contributed by atoms with Crippen LogP contribution in [0.1, 0.15) is 26.8 Å². The van der Waals surface area contributed by atoms with Crippen LogP contribution in [0.3, 0.4) is 0 Å². The van der Waals surface area contributed by atoms with Crippen LogP contribution in [0.15, 0.2) is 11.1 Å². The number of thiazole rings is 1. The number of hydrogen-bond donors (Lipinski definition) is 2. The van der Waals surface area contributed by atoms with Gasteiger partial charge >= 0.3 is 6.01 Å². The van der Waals surface area contributed by atoms with E-state index in [0.717, 1.165) is 40.8 Å². The van der Waals surface area contributed by atoms with E-state index in [2.05, 4.69) is 34.3 Å². The van der Waals surface area contributed by atoms with E-state index >= 15 is 0 Å². The molecular weight excluding hydrogens is 342 g/mol. The fourth-order valence-corrected chi connectivity index (χ4v) is 5.07. The topological polar surface area (TPSA) is 75.9 Å². The molecule has 0 spiro atoms. The third-order valence-electron chi connectivity index (χ3n) is 3.92. The van der Waals surface area contributed by atoms with Gasteiger partial charge < -0.3 is 9.84 Å². The van der Waals surface area contributed by atoms with E-state index in [1.807, 2.05) is 6.08 Å². The number of nitrogens with zero attached hydrogens (tertiary/aromatic N) is 3. The smallest absolute Gasteiger partial charge is 0.315 e. The Bertz CT molecular complexity index is 908. The highest BCUT2D eigenvalue weighted by molar-refractivity contribution is 7.19. The summed E-state index contributed by atoms with van der Waals surface area (Å²) in [7, 11) is 0. The van der Waals surface area contributed by atoms with E-state index in [1.54, 1.807) is 29.6 Å². The minimum Gasteiger partial charge on any atom is -0.315 e. The van der Waals surface area contributed by atoms with E-state index in [9.17, 15) is 0 Å². The first-order chi connectivity index (χ1) is 11.7. The Labute approximate surface area is 147 Å². The van der Waals surface area contributed by atoms with Crippen LogP contribution in [0.2, 0.25) is 0 Å². The van der Waals surface area contributed by atoms with E-state index < -0.39 is 0 Å². The average molecular weight is 359 g/mol. The predicted octanol–water partition coefficient (Wildman–Crippen LogP) is 3.90. The maximum Gasteiger partial charge on any atom is 0.326 e. The van der Waals surface area contributed by atoms with Crippen molar-refractivity contribution in [2.75, 3.05) is 11.9 Å². The molecule has 124 valence electrons. The molecule has 0 amide bonds. The van der Waals surface area contributed by atoms with Crippen molar-refractivity contribution in [2.24, 2.45) is 0 Å². The summed E-state index contributed by atoms with van der Waals surface area (Å²) in [6, 6.07) is 0.414. The number of hydrogen-bond acceptors (Lipinski definition) is 8. The first-order valence-corrected chi connectivity index (χ1v) is 9.32. The van der Waals surface area contributed by atoms with Crippen molar-refractivity contribution in [2.45, 2.75) is 26.8 Å². The highest BCUT2D eigenvalue weighted by Crippen LogP contribution is 2.45. The zero-order valence-corrected chi connectivity index (χ0v) is 15.1. The average Bonchev–Trinajstić information content (AvgIpc) is 3.24. The summed E-state index contributed by atoms with van der Waals surface area (Å²) in [4.78, 5) is 11.5. The van der Waals surface area contributed by atoms with Crippen LogP contribution in [-0.4, -0.2) is 21.7 Å². The minimum atomic E-state index is 0.414. The molecule has 0 fully saturated rings. The lowest BCUT2D eigenvalue weighted by Gasteiger charge is -2.13. The summed E-state index contributed by atoms with van der Waals surface area (Å²) in [5.74, 6) is 0.612. The highest BCUT2D eigenvalue weighted by Gasteiger charge is 2.25. The van der Waals surface area contributed by atoms with Gasteiger partial charge in [0.25, 0.3) is 0 Å². The molecule has 3 aromatic rings. The minimum absolute atomic E-state index is 0.414. The van der Waals surface area contributed by atoms with Crippen molar-refractivity contribution in [3.05, 3.63) is 33.4 Å². The van der Waals surface area contributed by atoms with Crippen LogP contribution >= 0.6 is 22.7 Å². The molecule has 1 aliphatic heterocycles. The summed E-state index contributed by atoms with van der Waals surface area (Å²) >= 11 is 3.42. The quantitative estimate of drug-likeness (QED) is 0.736. The number of nitrogens with one attached hydrogen (secondary N) is 2. The molecule has 1 aliphatic rings. The molecule has 0 unspecified atom stereocenters. The molecule has 2 N–H and O–H groups in total. The van der Waals surface area contributed by atoms with Crippen molar-refractivity contribution >= 4 is 39.8 Å². The molecule has 6 nitrogen and oxygen atoms in total. The molecule has 0 radical (unpaired) electrons. The second kappa shape index (κ2) is 6.12. The summed E-state index contributed by atoms with van der Waals surface area (Å²) in [5, 5.41) is 12.6. The molecule has 4 rings (SSSR count). The Kier molecular flexibility index (Phi) is 3.95. The van der Waals surface area contributed by atoms with Gasteiger partial charge in [0.15, 0.2) is 5.82 Å². The molecular formula is C16H17N5OS2. The second-order valence-electron chi connectivity index (χ2n) is 5.57. The van der Waals surface area contributed by atoms with Crippen molar-refractivity contribution < 1.29 is 4.52 Å². The van der Waals surface area contributed by atoms with Gasteiger partial charge in [-0.25, -0.2) is 4.98 Å². The number of fused-ring (bicyclic) bond motifs is 1. The summed E-state index contributed by atoms with van der Waals surface area (Å²) in [6.07, 6.45) is 2.80. The lowest BCUT2D eigenvalue weighted by atomic mass is 10.0. The van der Waals surface area contributed by atoms with Gasteiger partial charge in [-0.05, 0) is 38.5 Å². The normalized spacial score (nSPS) is 13.8. The van der Waals surface area contributed by atoms with Crippen molar-refractivity contribution in [3.8, 4) is 10.6 Å². The maximum absolute atomic E-state index is 5.23. The first kappa shape index (κ1) is 15.5. The highest BCUT2D eigenvalue weighted by atomic mass is 32.1.